The van der Waals surface area contributed by atoms with Gasteiger partial charge >= 0.3 is 0 Å². The summed E-state index contributed by atoms with van der Waals surface area (Å²) in [6.07, 6.45) is 4.75. The van der Waals surface area contributed by atoms with Crippen LogP contribution in [-0.4, -0.2) is 18.5 Å². The normalized spacial score (nSPS) is 25.0. The molecule has 0 spiro atoms. The summed E-state index contributed by atoms with van der Waals surface area (Å²) in [7, 11) is 0. The van der Waals surface area contributed by atoms with Gasteiger partial charge in [0.25, 0.3) is 0 Å². The zero-order chi connectivity index (χ0) is 12.3. The van der Waals surface area contributed by atoms with Crippen molar-refractivity contribution in [2.75, 3.05) is 6.54 Å². The summed E-state index contributed by atoms with van der Waals surface area (Å²) >= 11 is 0. The Labute approximate surface area is 100 Å². The Kier molecular flexibility index (Phi) is 3.82. The fraction of sp³-hybridized carbons (Fsp3) is 0.692. The summed E-state index contributed by atoms with van der Waals surface area (Å²) in [6, 6.07) is 2.03. The fourth-order valence-corrected chi connectivity index (χ4v) is 2.66. The monoisotopic (exact) mass is 243 g/mol. The van der Waals surface area contributed by atoms with Crippen LogP contribution < -0.4 is 5.32 Å². The number of rotatable bonds is 5. The molecule has 0 amide bonds. The molecule has 2 rings (SSSR count). The minimum absolute atomic E-state index is 0.0164. The molecule has 0 aliphatic heterocycles. The SMILES string of the molecule is CCNC(Cc1ccoc1)C1CCC(F)(F)C1. The highest BCUT2D eigenvalue weighted by atomic mass is 19.3. The van der Waals surface area contributed by atoms with E-state index in [9.17, 15) is 8.78 Å². The van der Waals surface area contributed by atoms with Crippen LogP contribution in [0.3, 0.4) is 0 Å². The van der Waals surface area contributed by atoms with Crippen molar-refractivity contribution < 1.29 is 13.2 Å². The van der Waals surface area contributed by atoms with Crippen LogP contribution in [0.25, 0.3) is 0 Å². The van der Waals surface area contributed by atoms with E-state index in [0.29, 0.717) is 6.42 Å². The van der Waals surface area contributed by atoms with E-state index in [0.717, 1.165) is 18.5 Å². The van der Waals surface area contributed by atoms with Crippen LogP contribution in [0, 0.1) is 5.92 Å². The van der Waals surface area contributed by atoms with Crippen LogP contribution in [0.5, 0.6) is 0 Å². The zero-order valence-corrected chi connectivity index (χ0v) is 10.1. The molecule has 1 heterocycles. The van der Waals surface area contributed by atoms with E-state index in [1.165, 1.54) is 0 Å². The van der Waals surface area contributed by atoms with E-state index >= 15 is 0 Å². The van der Waals surface area contributed by atoms with Crippen molar-refractivity contribution in [1.82, 2.24) is 5.32 Å². The van der Waals surface area contributed by atoms with Gasteiger partial charge in [0.05, 0.1) is 12.5 Å². The van der Waals surface area contributed by atoms with Crippen LogP contribution >= 0.6 is 0 Å². The van der Waals surface area contributed by atoms with Gasteiger partial charge in [-0.15, -0.1) is 0 Å². The summed E-state index contributed by atoms with van der Waals surface area (Å²) in [4.78, 5) is 0. The third-order valence-corrected chi connectivity index (χ3v) is 3.51. The summed E-state index contributed by atoms with van der Waals surface area (Å²) in [5.74, 6) is -2.39. The lowest BCUT2D eigenvalue weighted by Gasteiger charge is -2.24. The Morgan fingerprint density at radius 1 is 1.59 bits per heavy atom. The number of hydrogen-bond donors (Lipinski definition) is 1. The molecule has 1 aromatic rings. The van der Waals surface area contributed by atoms with Gasteiger partial charge in [-0.05, 0) is 36.9 Å². The van der Waals surface area contributed by atoms with Crippen molar-refractivity contribution in [3.63, 3.8) is 0 Å². The van der Waals surface area contributed by atoms with E-state index < -0.39 is 5.92 Å². The number of nitrogens with one attached hydrogen (secondary N) is 1. The van der Waals surface area contributed by atoms with Crippen molar-refractivity contribution >= 4 is 0 Å². The zero-order valence-electron chi connectivity index (χ0n) is 10.1. The van der Waals surface area contributed by atoms with Crippen molar-refractivity contribution in [3.8, 4) is 0 Å². The second kappa shape index (κ2) is 5.17. The van der Waals surface area contributed by atoms with Gasteiger partial charge in [0, 0.05) is 18.9 Å². The number of alkyl halides is 2. The average Bonchev–Trinajstić information content (AvgIpc) is 2.87. The Hall–Kier alpha value is -0.900. The van der Waals surface area contributed by atoms with E-state index in [4.69, 9.17) is 4.42 Å². The molecule has 1 N–H and O–H groups in total. The van der Waals surface area contributed by atoms with E-state index in [-0.39, 0.29) is 24.8 Å². The molecule has 2 unspecified atom stereocenters. The number of furan rings is 1. The summed E-state index contributed by atoms with van der Waals surface area (Å²) in [6.45, 7) is 2.82. The number of hydrogen-bond acceptors (Lipinski definition) is 2. The topological polar surface area (TPSA) is 25.2 Å². The quantitative estimate of drug-likeness (QED) is 0.858. The Morgan fingerprint density at radius 2 is 2.41 bits per heavy atom. The lowest BCUT2D eigenvalue weighted by Crippen LogP contribution is -2.37. The van der Waals surface area contributed by atoms with Gasteiger partial charge in [-0.2, -0.15) is 0 Å². The van der Waals surface area contributed by atoms with Crippen LogP contribution in [0.4, 0.5) is 8.78 Å². The van der Waals surface area contributed by atoms with Gasteiger partial charge in [-0.1, -0.05) is 6.92 Å². The van der Waals surface area contributed by atoms with Crippen molar-refractivity contribution in [3.05, 3.63) is 24.2 Å². The average molecular weight is 243 g/mol. The minimum Gasteiger partial charge on any atom is -0.472 e. The Balaban J connectivity index is 1.97. The lowest BCUT2D eigenvalue weighted by molar-refractivity contribution is 0.00332. The van der Waals surface area contributed by atoms with Gasteiger partial charge in [-0.25, -0.2) is 8.78 Å². The minimum atomic E-state index is -2.46. The number of halogens is 2. The van der Waals surface area contributed by atoms with E-state index in [1.54, 1.807) is 12.5 Å². The molecule has 0 bridgehead atoms. The molecule has 1 aromatic heterocycles. The van der Waals surface area contributed by atoms with Crippen LogP contribution in [0.1, 0.15) is 31.7 Å². The molecule has 0 aromatic carbocycles. The predicted molar refractivity (Wildman–Crippen MR) is 62.2 cm³/mol. The molecule has 17 heavy (non-hydrogen) atoms. The first kappa shape index (κ1) is 12.6. The van der Waals surface area contributed by atoms with E-state index in [1.807, 2.05) is 13.0 Å². The smallest absolute Gasteiger partial charge is 0.248 e. The van der Waals surface area contributed by atoms with E-state index in [2.05, 4.69) is 5.32 Å². The summed E-state index contributed by atoms with van der Waals surface area (Å²) in [5.41, 5.74) is 1.08. The summed E-state index contributed by atoms with van der Waals surface area (Å²) < 4.78 is 31.5. The third-order valence-electron chi connectivity index (χ3n) is 3.51. The lowest BCUT2D eigenvalue weighted by atomic mass is 9.93. The van der Waals surface area contributed by atoms with Crippen LogP contribution in [0.15, 0.2) is 23.0 Å². The molecule has 0 radical (unpaired) electrons. The van der Waals surface area contributed by atoms with Crippen LogP contribution in [-0.2, 0) is 6.42 Å². The molecular formula is C13H19F2NO. The molecule has 1 aliphatic rings. The van der Waals surface area contributed by atoms with Gasteiger partial charge in [0.2, 0.25) is 5.92 Å². The molecular weight excluding hydrogens is 224 g/mol. The highest BCUT2D eigenvalue weighted by Gasteiger charge is 2.42. The highest BCUT2D eigenvalue weighted by molar-refractivity contribution is 5.08. The van der Waals surface area contributed by atoms with Gasteiger partial charge in [0.1, 0.15) is 0 Å². The largest absolute Gasteiger partial charge is 0.472 e. The first-order valence-electron chi connectivity index (χ1n) is 6.23. The highest BCUT2D eigenvalue weighted by Crippen LogP contribution is 2.40. The first-order chi connectivity index (χ1) is 8.11. The fourth-order valence-electron chi connectivity index (χ4n) is 2.66. The predicted octanol–water partition coefficient (Wildman–Crippen LogP) is 3.24. The molecule has 1 saturated carbocycles. The maximum absolute atomic E-state index is 13.2. The van der Waals surface area contributed by atoms with Crippen molar-refractivity contribution in [1.29, 1.82) is 0 Å². The van der Waals surface area contributed by atoms with Crippen molar-refractivity contribution in [2.24, 2.45) is 5.92 Å². The second-order valence-corrected chi connectivity index (χ2v) is 4.86. The first-order valence-corrected chi connectivity index (χ1v) is 6.23. The molecule has 4 heteroatoms. The maximum atomic E-state index is 13.2. The van der Waals surface area contributed by atoms with Crippen LogP contribution in [0.2, 0.25) is 0 Å². The molecule has 0 saturated heterocycles. The molecule has 96 valence electrons. The third kappa shape index (κ3) is 3.28. The Bertz CT molecular complexity index is 337. The Morgan fingerprint density at radius 3 is 2.94 bits per heavy atom. The van der Waals surface area contributed by atoms with Gasteiger partial charge in [0.15, 0.2) is 0 Å². The molecule has 1 aliphatic carbocycles. The standard InChI is InChI=1S/C13H19F2NO/c1-2-16-12(7-10-4-6-17-9-10)11-3-5-13(14,15)8-11/h4,6,9,11-12,16H,2-3,5,7-8H2,1H3. The number of likely N-dealkylation sites (N-methyl/N-ethyl adjacent to an activating group) is 1. The molecule has 2 atom stereocenters. The maximum Gasteiger partial charge on any atom is 0.248 e. The van der Waals surface area contributed by atoms with Gasteiger partial charge in [-0.3, -0.25) is 0 Å². The summed E-state index contributed by atoms with van der Waals surface area (Å²) in [5, 5.41) is 3.33. The molecule has 1 fully saturated rings. The second-order valence-electron chi connectivity index (χ2n) is 4.86. The van der Waals surface area contributed by atoms with Gasteiger partial charge < -0.3 is 9.73 Å². The van der Waals surface area contributed by atoms with Crippen molar-refractivity contribution in [2.45, 2.75) is 44.6 Å². The molecule has 2 nitrogen and oxygen atoms in total.